The highest BCUT2D eigenvalue weighted by Crippen LogP contribution is 2.15. The molecule has 6 heteroatoms. The standard InChI is InChI=1S/C18H29FN4.HI/c1-15-7-5-11-23(14-15)12-6-10-21-18(20-2)22-13-16-8-3-4-9-17(16)19;/h3-4,8-9,15H,5-7,10-14H2,1-2H3,(H2,20,21,22);1H. The molecule has 0 amide bonds. The topological polar surface area (TPSA) is 39.7 Å². The van der Waals surface area contributed by atoms with E-state index in [1.807, 2.05) is 6.07 Å². The molecule has 1 fully saturated rings. The maximum Gasteiger partial charge on any atom is 0.191 e. The fourth-order valence-corrected chi connectivity index (χ4v) is 3.04. The van der Waals surface area contributed by atoms with Crippen molar-refractivity contribution in [2.75, 3.05) is 33.2 Å². The summed E-state index contributed by atoms with van der Waals surface area (Å²) in [5.74, 6) is 1.36. The van der Waals surface area contributed by atoms with Crippen LogP contribution in [0, 0.1) is 11.7 Å². The van der Waals surface area contributed by atoms with E-state index in [0.717, 1.165) is 31.4 Å². The minimum atomic E-state index is -0.185. The average molecular weight is 448 g/mol. The van der Waals surface area contributed by atoms with Gasteiger partial charge < -0.3 is 15.5 Å². The van der Waals surface area contributed by atoms with Crippen molar-refractivity contribution in [1.29, 1.82) is 0 Å². The first-order valence-electron chi connectivity index (χ1n) is 8.59. The molecule has 2 N–H and O–H groups in total. The summed E-state index contributed by atoms with van der Waals surface area (Å²) in [5, 5.41) is 6.46. The number of rotatable bonds is 6. The number of piperidine rings is 1. The van der Waals surface area contributed by atoms with Gasteiger partial charge in [0.2, 0.25) is 0 Å². The molecule has 1 aromatic carbocycles. The van der Waals surface area contributed by atoms with Crippen molar-refractivity contribution in [2.24, 2.45) is 10.9 Å². The van der Waals surface area contributed by atoms with E-state index in [-0.39, 0.29) is 29.8 Å². The molecule has 1 unspecified atom stereocenters. The Morgan fingerprint density at radius 3 is 2.83 bits per heavy atom. The van der Waals surface area contributed by atoms with Crippen molar-refractivity contribution in [3.05, 3.63) is 35.6 Å². The van der Waals surface area contributed by atoms with Gasteiger partial charge in [0.15, 0.2) is 5.96 Å². The van der Waals surface area contributed by atoms with Crippen molar-refractivity contribution in [2.45, 2.75) is 32.7 Å². The van der Waals surface area contributed by atoms with Gasteiger partial charge in [-0.05, 0) is 44.3 Å². The summed E-state index contributed by atoms with van der Waals surface area (Å²) in [7, 11) is 1.74. The van der Waals surface area contributed by atoms with E-state index >= 15 is 0 Å². The third kappa shape index (κ3) is 7.34. The first-order chi connectivity index (χ1) is 11.2. The summed E-state index contributed by atoms with van der Waals surface area (Å²) in [6.45, 7) is 7.23. The maximum atomic E-state index is 13.6. The van der Waals surface area contributed by atoms with Crippen LogP contribution in [-0.4, -0.2) is 44.1 Å². The minimum Gasteiger partial charge on any atom is -0.356 e. The molecule has 1 heterocycles. The number of aliphatic imine (C=N–C) groups is 1. The lowest BCUT2D eigenvalue weighted by molar-refractivity contribution is 0.182. The second-order valence-corrected chi connectivity index (χ2v) is 6.35. The Balaban J connectivity index is 0.00000288. The normalized spacial score (nSPS) is 18.8. The van der Waals surface area contributed by atoms with Gasteiger partial charge in [-0.25, -0.2) is 4.39 Å². The lowest BCUT2D eigenvalue weighted by atomic mass is 10.0. The quantitative estimate of drug-likeness (QED) is 0.304. The molecular weight excluding hydrogens is 418 g/mol. The number of guanidine groups is 1. The average Bonchev–Trinajstić information content (AvgIpc) is 2.55. The van der Waals surface area contributed by atoms with Crippen LogP contribution in [-0.2, 0) is 6.54 Å². The number of likely N-dealkylation sites (tertiary alicyclic amines) is 1. The summed E-state index contributed by atoms with van der Waals surface area (Å²) in [6.07, 6.45) is 3.77. The van der Waals surface area contributed by atoms with Crippen LogP contribution in [0.5, 0.6) is 0 Å². The molecule has 0 aromatic heterocycles. The largest absolute Gasteiger partial charge is 0.356 e. The number of hydrogen-bond acceptors (Lipinski definition) is 2. The van der Waals surface area contributed by atoms with Crippen LogP contribution in [0.4, 0.5) is 4.39 Å². The Morgan fingerprint density at radius 1 is 1.33 bits per heavy atom. The zero-order chi connectivity index (χ0) is 16.5. The van der Waals surface area contributed by atoms with Crippen LogP contribution in [0.15, 0.2) is 29.3 Å². The van der Waals surface area contributed by atoms with Gasteiger partial charge >= 0.3 is 0 Å². The number of nitrogens with one attached hydrogen (secondary N) is 2. The minimum absolute atomic E-state index is 0. The van der Waals surface area contributed by atoms with Crippen LogP contribution < -0.4 is 10.6 Å². The van der Waals surface area contributed by atoms with E-state index < -0.39 is 0 Å². The lowest BCUT2D eigenvalue weighted by Crippen LogP contribution is -2.40. The van der Waals surface area contributed by atoms with E-state index in [1.165, 1.54) is 32.0 Å². The monoisotopic (exact) mass is 448 g/mol. The van der Waals surface area contributed by atoms with E-state index in [9.17, 15) is 4.39 Å². The molecule has 0 bridgehead atoms. The molecule has 1 aliphatic rings. The molecule has 24 heavy (non-hydrogen) atoms. The smallest absolute Gasteiger partial charge is 0.191 e. The van der Waals surface area contributed by atoms with Crippen molar-refractivity contribution in [3.63, 3.8) is 0 Å². The molecular formula is C18H30FIN4. The van der Waals surface area contributed by atoms with Crippen LogP contribution in [0.1, 0.15) is 31.7 Å². The summed E-state index contributed by atoms with van der Waals surface area (Å²) < 4.78 is 13.6. The van der Waals surface area contributed by atoms with E-state index in [2.05, 4.69) is 27.4 Å². The predicted molar refractivity (Wildman–Crippen MR) is 109 cm³/mol. The number of hydrogen-bond donors (Lipinski definition) is 2. The summed E-state index contributed by atoms with van der Waals surface area (Å²) in [4.78, 5) is 6.73. The molecule has 0 saturated carbocycles. The zero-order valence-corrected chi connectivity index (χ0v) is 17.1. The second kappa shape index (κ2) is 11.6. The highest BCUT2D eigenvalue weighted by molar-refractivity contribution is 14.0. The maximum absolute atomic E-state index is 13.6. The first kappa shape index (κ1) is 21.2. The van der Waals surface area contributed by atoms with Gasteiger partial charge in [-0.3, -0.25) is 4.99 Å². The molecule has 1 atom stereocenters. The molecule has 1 aliphatic heterocycles. The Hall–Kier alpha value is -0.890. The van der Waals surface area contributed by atoms with Crippen molar-refractivity contribution < 1.29 is 4.39 Å². The van der Waals surface area contributed by atoms with Gasteiger partial charge in [0, 0.05) is 32.2 Å². The van der Waals surface area contributed by atoms with Gasteiger partial charge in [0.1, 0.15) is 5.82 Å². The van der Waals surface area contributed by atoms with Crippen LogP contribution in [0.3, 0.4) is 0 Å². The zero-order valence-electron chi connectivity index (χ0n) is 14.7. The third-order valence-electron chi connectivity index (χ3n) is 4.31. The number of benzene rings is 1. The molecule has 0 aliphatic carbocycles. The molecule has 4 nitrogen and oxygen atoms in total. The predicted octanol–water partition coefficient (Wildman–Crippen LogP) is 3.23. The van der Waals surface area contributed by atoms with Crippen molar-refractivity contribution in [3.8, 4) is 0 Å². The van der Waals surface area contributed by atoms with Gasteiger partial charge in [0.25, 0.3) is 0 Å². The molecule has 136 valence electrons. The third-order valence-corrected chi connectivity index (χ3v) is 4.31. The summed E-state index contributed by atoms with van der Waals surface area (Å²) >= 11 is 0. The number of halogens is 2. The first-order valence-corrected chi connectivity index (χ1v) is 8.59. The fourth-order valence-electron chi connectivity index (χ4n) is 3.04. The molecule has 2 rings (SSSR count). The fraction of sp³-hybridized carbons (Fsp3) is 0.611. The van der Waals surface area contributed by atoms with Gasteiger partial charge in [-0.2, -0.15) is 0 Å². The Bertz CT molecular complexity index is 510. The number of nitrogens with zero attached hydrogens (tertiary/aromatic N) is 2. The SMILES string of the molecule is CN=C(NCCCN1CCCC(C)C1)NCc1ccccc1F.I. The van der Waals surface area contributed by atoms with Crippen LogP contribution in [0.25, 0.3) is 0 Å². The molecule has 1 saturated heterocycles. The Kier molecular flexibility index (Phi) is 10.2. The summed E-state index contributed by atoms with van der Waals surface area (Å²) in [6, 6.07) is 6.81. The lowest BCUT2D eigenvalue weighted by Gasteiger charge is -2.30. The van der Waals surface area contributed by atoms with Gasteiger partial charge in [0.05, 0.1) is 0 Å². The molecule has 1 aromatic rings. The van der Waals surface area contributed by atoms with Crippen molar-refractivity contribution in [1.82, 2.24) is 15.5 Å². The Labute approximate surface area is 162 Å². The van der Waals surface area contributed by atoms with E-state index in [0.29, 0.717) is 12.1 Å². The second-order valence-electron chi connectivity index (χ2n) is 6.35. The molecule has 0 spiro atoms. The van der Waals surface area contributed by atoms with E-state index in [4.69, 9.17) is 0 Å². The van der Waals surface area contributed by atoms with Crippen LogP contribution in [0.2, 0.25) is 0 Å². The molecule has 0 radical (unpaired) electrons. The Morgan fingerprint density at radius 2 is 2.12 bits per heavy atom. The highest BCUT2D eigenvalue weighted by atomic mass is 127. The van der Waals surface area contributed by atoms with Crippen LogP contribution >= 0.6 is 24.0 Å². The highest BCUT2D eigenvalue weighted by Gasteiger charge is 2.15. The van der Waals surface area contributed by atoms with E-state index in [1.54, 1.807) is 19.2 Å². The summed E-state index contributed by atoms with van der Waals surface area (Å²) in [5.41, 5.74) is 0.651. The van der Waals surface area contributed by atoms with Crippen molar-refractivity contribution >= 4 is 29.9 Å². The van der Waals surface area contributed by atoms with Gasteiger partial charge in [-0.1, -0.05) is 25.1 Å². The van der Waals surface area contributed by atoms with Gasteiger partial charge in [-0.15, -0.1) is 24.0 Å².